The standard InChI is InChI=1S/C15H17FN2O2S/c1-21-9-12(4-6-19)18-15(20)13-8-11(16)7-10-3-2-5-17-14(10)13/h2-3,5,7-8,12,19H,4,6,9H2,1H3,(H,18,20). The molecule has 0 aliphatic heterocycles. The molecule has 0 spiro atoms. The van der Waals surface area contributed by atoms with Gasteiger partial charge in [-0.25, -0.2) is 4.39 Å². The van der Waals surface area contributed by atoms with Crippen LogP contribution in [0.25, 0.3) is 10.9 Å². The van der Waals surface area contributed by atoms with Crippen molar-refractivity contribution in [3.63, 3.8) is 0 Å². The Morgan fingerprint density at radius 2 is 2.33 bits per heavy atom. The maximum Gasteiger partial charge on any atom is 0.253 e. The van der Waals surface area contributed by atoms with Crippen molar-refractivity contribution in [1.82, 2.24) is 10.3 Å². The maximum atomic E-state index is 13.6. The van der Waals surface area contributed by atoms with Crippen LogP contribution >= 0.6 is 11.8 Å². The fourth-order valence-electron chi connectivity index (χ4n) is 2.15. The number of aliphatic hydroxyl groups excluding tert-OH is 1. The predicted molar refractivity (Wildman–Crippen MR) is 83.0 cm³/mol. The van der Waals surface area contributed by atoms with Crippen LogP contribution in [0.3, 0.4) is 0 Å². The van der Waals surface area contributed by atoms with Crippen molar-refractivity contribution < 1.29 is 14.3 Å². The molecular formula is C15H17FN2O2S. The molecule has 4 nitrogen and oxygen atoms in total. The highest BCUT2D eigenvalue weighted by Gasteiger charge is 2.17. The lowest BCUT2D eigenvalue weighted by Gasteiger charge is -2.17. The zero-order valence-electron chi connectivity index (χ0n) is 11.7. The van der Waals surface area contributed by atoms with E-state index >= 15 is 0 Å². The van der Waals surface area contributed by atoms with Crippen LogP contribution in [0.5, 0.6) is 0 Å². The van der Waals surface area contributed by atoms with E-state index in [0.717, 1.165) is 0 Å². The molecule has 0 aliphatic carbocycles. The second-order valence-corrected chi connectivity index (χ2v) is 5.58. The van der Waals surface area contributed by atoms with Gasteiger partial charge in [0, 0.05) is 30.0 Å². The van der Waals surface area contributed by atoms with Gasteiger partial charge in [-0.15, -0.1) is 0 Å². The van der Waals surface area contributed by atoms with Crippen LogP contribution in [0.4, 0.5) is 4.39 Å². The number of pyridine rings is 1. The Hall–Kier alpha value is -1.66. The smallest absolute Gasteiger partial charge is 0.253 e. The lowest BCUT2D eigenvalue weighted by Crippen LogP contribution is -2.37. The van der Waals surface area contributed by atoms with Crippen molar-refractivity contribution in [2.45, 2.75) is 12.5 Å². The van der Waals surface area contributed by atoms with Crippen LogP contribution in [-0.4, -0.2) is 40.7 Å². The van der Waals surface area contributed by atoms with E-state index in [-0.39, 0.29) is 24.1 Å². The molecule has 21 heavy (non-hydrogen) atoms. The average Bonchev–Trinajstić information content (AvgIpc) is 2.46. The largest absolute Gasteiger partial charge is 0.396 e. The molecule has 1 aromatic heterocycles. The van der Waals surface area contributed by atoms with Gasteiger partial charge in [-0.3, -0.25) is 9.78 Å². The van der Waals surface area contributed by atoms with E-state index in [1.54, 1.807) is 30.1 Å². The Bertz CT molecular complexity index is 630. The molecule has 1 unspecified atom stereocenters. The number of hydrogen-bond donors (Lipinski definition) is 2. The van der Waals surface area contributed by atoms with E-state index in [0.29, 0.717) is 23.1 Å². The van der Waals surface area contributed by atoms with Gasteiger partial charge in [0.25, 0.3) is 5.91 Å². The topological polar surface area (TPSA) is 62.2 Å². The summed E-state index contributed by atoms with van der Waals surface area (Å²) < 4.78 is 13.6. The Balaban J connectivity index is 2.30. The first kappa shape index (κ1) is 15.7. The average molecular weight is 308 g/mol. The molecule has 0 saturated heterocycles. The van der Waals surface area contributed by atoms with Crippen LogP contribution in [0.1, 0.15) is 16.8 Å². The third-order valence-electron chi connectivity index (χ3n) is 3.09. The Morgan fingerprint density at radius 3 is 3.05 bits per heavy atom. The normalized spacial score (nSPS) is 12.3. The summed E-state index contributed by atoms with van der Waals surface area (Å²) in [4.78, 5) is 16.5. The summed E-state index contributed by atoms with van der Waals surface area (Å²) in [6.07, 6.45) is 3.97. The second kappa shape index (κ2) is 7.38. The summed E-state index contributed by atoms with van der Waals surface area (Å²) in [6, 6.07) is 5.81. The van der Waals surface area contributed by atoms with Gasteiger partial charge in [0.2, 0.25) is 0 Å². The molecule has 1 atom stereocenters. The number of aromatic nitrogens is 1. The summed E-state index contributed by atoms with van der Waals surface area (Å²) in [7, 11) is 0. The fraction of sp³-hybridized carbons (Fsp3) is 0.333. The number of benzene rings is 1. The van der Waals surface area contributed by atoms with Crippen molar-refractivity contribution in [2.75, 3.05) is 18.6 Å². The molecule has 1 aromatic carbocycles. The van der Waals surface area contributed by atoms with Crippen molar-refractivity contribution in [1.29, 1.82) is 0 Å². The van der Waals surface area contributed by atoms with Crippen molar-refractivity contribution >= 4 is 28.6 Å². The second-order valence-electron chi connectivity index (χ2n) is 4.67. The first-order valence-electron chi connectivity index (χ1n) is 6.60. The highest BCUT2D eigenvalue weighted by Crippen LogP contribution is 2.18. The Labute approximate surface area is 126 Å². The number of carbonyl (C=O) groups is 1. The number of fused-ring (bicyclic) bond motifs is 1. The molecule has 1 heterocycles. The number of nitrogens with zero attached hydrogens (tertiary/aromatic N) is 1. The third kappa shape index (κ3) is 3.92. The highest BCUT2D eigenvalue weighted by atomic mass is 32.2. The molecular weight excluding hydrogens is 291 g/mol. The Morgan fingerprint density at radius 1 is 1.52 bits per heavy atom. The molecule has 0 saturated carbocycles. The predicted octanol–water partition coefficient (Wildman–Crippen LogP) is 2.22. The fourth-order valence-corrected chi connectivity index (χ4v) is 2.80. The lowest BCUT2D eigenvalue weighted by molar-refractivity contribution is 0.0936. The molecule has 1 amide bonds. The molecule has 2 rings (SSSR count). The molecule has 0 fully saturated rings. The minimum atomic E-state index is -0.468. The van der Waals surface area contributed by atoms with Crippen molar-refractivity contribution in [3.05, 3.63) is 41.8 Å². The summed E-state index contributed by atoms with van der Waals surface area (Å²) in [6.45, 7) is -0.00629. The van der Waals surface area contributed by atoms with Crippen LogP contribution in [0.15, 0.2) is 30.5 Å². The minimum Gasteiger partial charge on any atom is -0.396 e. The van der Waals surface area contributed by atoms with E-state index in [4.69, 9.17) is 5.11 Å². The number of aliphatic hydroxyl groups is 1. The summed E-state index contributed by atoms with van der Waals surface area (Å²) in [5.74, 6) is -0.151. The summed E-state index contributed by atoms with van der Waals surface area (Å²) in [5.41, 5.74) is 0.693. The maximum absolute atomic E-state index is 13.6. The summed E-state index contributed by atoms with van der Waals surface area (Å²) >= 11 is 1.58. The van der Waals surface area contributed by atoms with E-state index in [1.807, 2.05) is 6.26 Å². The first-order valence-corrected chi connectivity index (χ1v) is 8.00. The molecule has 6 heteroatoms. The molecule has 112 valence electrons. The van der Waals surface area contributed by atoms with Crippen molar-refractivity contribution in [2.24, 2.45) is 0 Å². The van der Waals surface area contributed by atoms with Gasteiger partial charge < -0.3 is 10.4 Å². The minimum absolute atomic E-state index is 0.00629. The van der Waals surface area contributed by atoms with Crippen LogP contribution in [0, 0.1) is 5.82 Å². The molecule has 0 radical (unpaired) electrons. The van der Waals surface area contributed by atoms with Gasteiger partial charge in [-0.1, -0.05) is 6.07 Å². The van der Waals surface area contributed by atoms with Crippen LogP contribution in [-0.2, 0) is 0 Å². The third-order valence-corrected chi connectivity index (χ3v) is 3.83. The van der Waals surface area contributed by atoms with E-state index < -0.39 is 5.82 Å². The van der Waals surface area contributed by atoms with E-state index in [9.17, 15) is 9.18 Å². The number of amides is 1. The van der Waals surface area contributed by atoms with E-state index in [1.165, 1.54) is 12.1 Å². The number of rotatable bonds is 6. The molecule has 0 aliphatic rings. The lowest BCUT2D eigenvalue weighted by atomic mass is 10.1. The quantitative estimate of drug-likeness (QED) is 0.859. The first-order chi connectivity index (χ1) is 10.2. The van der Waals surface area contributed by atoms with Gasteiger partial charge in [0.1, 0.15) is 5.82 Å². The van der Waals surface area contributed by atoms with Gasteiger partial charge in [0.05, 0.1) is 11.1 Å². The number of thioether (sulfide) groups is 1. The van der Waals surface area contributed by atoms with Crippen molar-refractivity contribution in [3.8, 4) is 0 Å². The zero-order valence-corrected chi connectivity index (χ0v) is 12.5. The van der Waals surface area contributed by atoms with E-state index in [2.05, 4.69) is 10.3 Å². The van der Waals surface area contributed by atoms with Gasteiger partial charge in [0.15, 0.2) is 0 Å². The number of nitrogens with one attached hydrogen (secondary N) is 1. The SMILES string of the molecule is CSCC(CCO)NC(=O)c1cc(F)cc2cccnc12. The number of carbonyl (C=O) groups excluding carboxylic acids is 1. The zero-order chi connectivity index (χ0) is 15.2. The number of halogens is 1. The molecule has 2 aromatic rings. The van der Waals surface area contributed by atoms with Crippen LogP contribution < -0.4 is 5.32 Å². The monoisotopic (exact) mass is 308 g/mol. The molecule has 2 N–H and O–H groups in total. The van der Waals surface area contributed by atoms with Gasteiger partial charge >= 0.3 is 0 Å². The summed E-state index contributed by atoms with van der Waals surface area (Å²) in [5, 5.41) is 12.4. The van der Waals surface area contributed by atoms with Crippen LogP contribution in [0.2, 0.25) is 0 Å². The van der Waals surface area contributed by atoms with Gasteiger partial charge in [-0.2, -0.15) is 11.8 Å². The highest BCUT2D eigenvalue weighted by molar-refractivity contribution is 7.98. The number of hydrogen-bond acceptors (Lipinski definition) is 4. The van der Waals surface area contributed by atoms with Gasteiger partial charge in [-0.05, 0) is 30.9 Å². The Kier molecular flexibility index (Phi) is 5.52. The molecule has 0 bridgehead atoms.